The Hall–Kier alpha value is -4.61. The lowest BCUT2D eigenvalue weighted by atomic mass is 9.93. The van der Waals surface area contributed by atoms with Gasteiger partial charge in [-0.25, -0.2) is 4.79 Å². The van der Waals surface area contributed by atoms with Crippen molar-refractivity contribution in [2.45, 2.75) is 25.2 Å². The molecular formula is C37H35Cl2F3N4O4. The zero-order valence-corrected chi connectivity index (χ0v) is 29.1. The molecule has 2 heterocycles. The van der Waals surface area contributed by atoms with Gasteiger partial charge in [0.1, 0.15) is 29.1 Å². The molecular weight excluding hydrogens is 692 g/mol. The number of anilines is 1. The smallest absolute Gasteiger partial charge is 0.416 e. The molecule has 50 heavy (non-hydrogen) atoms. The third-order valence-electron chi connectivity index (χ3n) is 8.80. The molecule has 2 amide bonds. The van der Waals surface area contributed by atoms with Crippen LogP contribution in [0.3, 0.4) is 0 Å². The van der Waals surface area contributed by atoms with Crippen LogP contribution in [-0.2, 0) is 6.18 Å². The van der Waals surface area contributed by atoms with Gasteiger partial charge in [-0.1, -0.05) is 47.5 Å². The van der Waals surface area contributed by atoms with Gasteiger partial charge in [0.05, 0.1) is 38.0 Å². The van der Waals surface area contributed by atoms with Crippen LogP contribution < -0.4 is 19.1 Å². The fraction of sp³-hybridized carbons (Fsp3) is 0.297. The molecule has 0 spiro atoms. The summed E-state index contributed by atoms with van der Waals surface area (Å²) in [4.78, 5) is 25.4. The Morgan fingerprint density at radius 3 is 1.94 bits per heavy atom. The number of halogens is 5. The van der Waals surface area contributed by atoms with E-state index in [9.17, 15) is 18.0 Å². The summed E-state index contributed by atoms with van der Waals surface area (Å²) in [5.41, 5.74) is 1.81. The number of methoxy groups -OCH3 is 2. The highest BCUT2D eigenvalue weighted by molar-refractivity contribution is 6.30. The van der Waals surface area contributed by atoms with E-state index < -0.39 is 23.8 Å². The lowest BCUT2D eigenvalue weighted by Gasteiger charge is -2.40. The minimum absolute atomic E-state index is 0.0257. The fourth-order valence-electron chi connectivity index (χ4n) is 6.30. The van der Waals surface area contributed by atoms with Crippen LogP contribution in [0.25, 0.3) is 0 Å². The monoisotopic (exact) mass is 726 g/mol. The molecule has 8 nitrogen and oxygen atoms in total. The van der Waals surface area contributed by atoms with E-state index in [1.54, 1.807) is 61.3 Å². The molecule has 0 aromatic heterocycles. The molecule has 4 aromatic carbocycles. The quantitative estimate of drug-likeness (QED) is 0.182. The van der Waals surface area contributed by atoms with Crippen LogP contribution in [0.2, 0.25) is 10.0 Å². The number of amides is 2. The Balaban J connectivity index is 1.42. The normalized spacial score (nSPS) is 17.8. The first kappa shape index (κ1) is 35.2. The predicted octanol–water partition coefficient (Wildman–Crippen LogP) is 8.92. The first-order valence-corrected chi connectivity index (χ1v) is 16.8. The Morgan fingerprint density at radius 1 is 0.820 bits per heavy atom. The number of aliphatic imine (C=N–C) groups is 1. The van der Waals surface area contributed by atoms with Crippen LogP contribution in [0, 0.1) is 0 Å². The summed E-state index contributed by atoms with van der Waals surface area (Å²) in [6.07, 6.45) is -4.60. The highest BCUT2D eigenvalue weighted by Gasteiger charge is 2.45. The molecule has 0 radical (unpaired) electrons. The maximum atomic E-state index is 14.8. The minimum Gasteiger partial charge on any atom is -0.497 e. The number of nitrogens with zero attached hydrogens (tertiary/aromatic N) is 4. The van der Waals surface area contributed by atoms with Gasteiger partial charge in [-0.15, -0.1) is 0 Å². The number of alkyl halides is 3. The molecule has 2 unspecified atom stereocenters. The van der Waals surface area contributed by atoms with Crippen molar-refractivity contribution in [1.29, 1.82) is 0 Å². The highest BCUT2D eigenvalue weighted by atomic mass is 35.5. The molecule has 2 aliphatic heterocycles. The lowest BCUT2D eigenvalue weighted by Crippen LogP contribution is -2.54. The average molecular weight is 728 g/mol. The van der Waals surface area contributed by atoms with Crippen LogP contribution in [0.4, 0.5) is 23.7 Å². The number of hydrogen-bond acceptors (Lipinski definition) is 6. The van der Waals surface area contributed by atoms with E-state index in [0.29, 0.717) is 47.7 Å². The molecule has 262 valence electrons. The standard InChI is InChI=1S/C37H35Cl2F3N4O4/c1-4-50-32-19-25(37(40,41)42)9-14-31(32)35-43-33(23-5-10-26(38)11-6-23)34(24-7-12-27(39)13-8-24)46(35)36(47)45-17-15-44(16-18-45)28-20-29(48-2)22-30(21-28)49-3/h5-14,19-22,33-34H,4,15-18H2,1-3H3. The minimum atomic E-state index is -4.60. The van der Waals surface area contributed by atoms with E-state index in [1.807, 2.05) is 36.4 Å². The summed E-state index contributed by atoms with van der Waals surface area (Å²) in [7, 11) is 3.18. The Bertz CT molecular complexity index is 1840. The van der Waals surface area contributed by atoms with E-state index in [4.69, 9.17) is 42.4 Å². The largest absolute Gasteiger partial charge is 0.497 e. The number of piperazine rings is 1. The van der Waals surface area contributed by atoms with Crippen molar-refractivity contribution < 1.29 is 32.2 Å². The molecule has 1 saturated heterocycles. The summed E-state index contributed by atoms with van der Waals surface area (Å²) < 4.78 is 58.2. The van der Waals surface area contributed by atoms with Crippen LogP contribution >= 0.6 is 23.2 Å². The second-order valence-electron chi connectivity index (χ2n) is 11.8. The molecule has 2 aliphatic rings. The van der Waals surface area contributed by atoms with E-state index in [2.05, 4.69) is 4.90 Å². The van der Waals surface area contributed by atoms with Gasteiger partial charge >= 0.3 is 12.2 Å². The van der Waals surface area contributed by atoms with Gasteiger partial charge < -0.3 is 24.0 Å². The molecule has 13 heteroatoms. The second kappa shape index (κ2) is 14.7. The van der Waals surface area contributed by atoms with Crippen LogP contribution in [0.5, 0.6) is 17.2 Å². The number of carbonyl (C=O) groups excluding carboxylic acids is 1. The number of rotatable bonds is 8. The van der Waals surface area contributed by atoms with E-state index >= 15 is 0 Å². The van der Waals surface area contributed by atoms with Crippen molar-refractivity contribution in [1.82, 2.24) is 9.80 Å². The molecule has 0 N–H and O–H groups in total. The zero-order valence-electron chi connectivity index (χ0n) is 27.6. The zero-order chi connectivity index (χ0) is 35.6. The van der Waals surface area contributed by atoms with Crippen molar-refractivity contribution >= 4 is 40.8 Å². The third kappa shape index (κ3) is 7.29. The van der Waals surface area contributed by atoms with Crippen LogP contribution in [-0.4, -0.2) is 68.7 Å². The van der Waals surface area contributed by atoms with Crippen molar-refractivity contribution in [3.05, 3.63) is 117 Å². The van der Waals surface area contributed by atoms with E-state index in [1.165, 1.54) is 6.07 Å². The summed E-state index contributed by atoms with van der Waals surface area (Å²) in [6.45, 7) is 3.55. The maximum absolute atomic E-state index is 14.8. The highest BCUT2D eigenvalue weighted by Crippen LogP contribution is 2.46. The number of urea groups is 1. The van der Waals surface area contributed by atoms with Gasteiger partial charge in [0.2, 0.25) is 0 Å². The van der Waals surface area contributed by atoms with E-state index in [-0.39, 0.29) is 29.8 Å². The van der Waals surface area contributed by atoms with Gasteiger partial charge in [-0.05, 0) is 60.5 Å². The first-order valence-electron chi connectivity index (χ1n) is 16.0. The van der Waals surface area contributed by atoms with Crippen LogP contribution in [0.15, 0.2) is 89.9 Å². The van der Waals surface area contributed by atoms with Crippen molar-refractivity contribution in [3.63, 3.8) is 0 Å². The van der Waals surface area contributed by atoms with Crippen molar-refractivity contribution in [2.75, 3.05) is 51.9 Å². The number of hydrogen-bond donors (Lipinski definition) is 0. The van der Waals surface area contributed by atoms with Gasteiger partial charge in [0.25, 0.3) is 0 Å². The predicted molar refractivity (Wildman–Crippen MR) is 188 cm³/mol. The fourth-order valence-corrected chi connectivity index (χ4v) is 6.55. The molecule has 0 bridgehead atoms. The summed E-state index contributed by atoms with van der Waals surface area (Å²) in [5, 5.41) is 1.04. The lowest BCUT2D eigenvalue weighted by molar-refractivity contribution is -0.137. The van der Waals surface area contributed by atoms with Crippen molar-refractivity contribution in [2.24, 2.45) is 4.99 Å². The number of ether oxygens (including phenoxy) is 3. The molecule has 0 aliphatic carbocycles. The first-order chi connectivity index (χ1) is 24.0. The van der Waals surface area contributed by atoms with Gasteiger partial charge in [-0.2, -0.15) is 13.2 Å². The van der Waals surface area contributed by atoms with E-state index in [0.717, 1.165) is 28.9 Å². The van der Waals surface area contributed by atoms with Gasteiger partial charge in [0.15, 0.2) is 0 Å². The van der Waals surface area contributed by atoms with Crippen LogP contribution in [0.1, 0.15) is 41.3 Å². The van der Waals surface area contributed by atoms with Crippen molar-refractivity contribution in [3.8, 4) is 17.2 Å². The Morgan fingerprint density at radius 2 is 1.40 bits per heavy atom. The summed E-state index contributed by atoms with van der Waals surface area (Å²) in [5.74, 6) is 1.47. The summed E-state index contributed by atoms with van der Waals surface area (Å²) in [6, 6.07) is 21.5. The Labute approximate surface area is 298 Å². The maximum Gasteiger partial charge on any atom is 0.416 e. The Kier molecular flexibility index (Phi) is 10.4. The SMILES string of the molecule is CCOc1cc(C(F)(F)F)ccc1C1=NC(c2ccc(Cl)cc2)C(c2ccc(Cl)cc2)N1C(=O)N1CCN(c2cc(OC)cc(OC)c2)CC1. The van der Waals surface area contributed by atoms with Gasteiger partial charge in [-0.3, -0.25) is 9.89 Å². The second-order valence-corrected chi connectivity index (χ2v) is 12.7. The molecule has 0 saturated carbocycles. The average Bonchev–Trinajstić information content (AvgIpc) is 3.51. The molecule has 1 fully saturated rings. The van der Waals surface area contributed by atoms with Gasteiger partial charge in [0, 0.05) is 60.1 Å². The molecule has 6 rings (SSSR count). The third-order valence-corrected chi connectivity index (χ3v) is 9.30. The summed E-state index contributed by atoms with van der Waals surface area (Å²) >= 11 is 12.5. The molecule has 4 aromatic rings. The molecule has 2 atom stereocenters. The number of carbonyl (C=O) groups is 1. The number of benzene rings is 4. The number of amidine groups is 1. The topological polar surface area (TPSA) is 66.8 Å².